The van der Waals surface area contributed by atoms with Crippen molar-refractivity contribution in [3.63, 3.8) is 0 Å². The van der Waals surface area contributed by atoms with Crippen LogP contribution >= 0.6 is 38.5 Å². The van der Waals surface area contributed by atoms with Crippen LogP contribution in [0.2, 0.25) is 0 Å². The molecule has 1 nitrogen and oxygen atoms in total. The first kappa shape index (κ1) is 12.2. The van der Waals surface area contributed by atoms with Gasteiger partial charge in [0, 0.05) is 8.04 Å². The van der Waals surface area contributed by atoms with Crippen molar-refractivity contribution in [2.24, 2.45) is 0 Å². The average molecular weight is 367 g/mol. The summed E-state index contributed by atoms with van der Waals surface area (Å²) in [7, 11) is 0. The molecule has 0 fully saturated rings. The molecule has 1 aromatic carbocycles. The van der Waals surface area contributed by atoms with Crippen LogP contribution in [0.1, 0.15) is 25.0 Å². The molecule has 1 atom stereocenters. The number of aliphatic hydroxyl groups excluding tert-OH is 1. The maximum absolute atomic E-state index is 9.90. The van der Waals surface area contributed by atoms with Gasteiger partial charge in [-0.3, -0.25) is 0 Å². The second-order valence-corrected chi connectivity index (χ2v) is 5.44. The Labute approximate surface area is 106 Å². The number of aliphatic hydroxyl groups is 1. The minimum atomic E-state index is -0.461. The number of rotatable bonds is 3. The predicted octanol–water partition coefficient (Wildman–Crippen LogP) is 4.05. The van der Waals surface area contributed by atoms with Crippen LogP contribution < -0.4 is 0 Å². The van der Waals surface area contributed by atoms with E-state index in [-0.39, 0.29) is 0 Å². The number of hydrogen-bond acceptors (Lipinski definition) is 1. The molecule has 3 heteroatoms. The fraction of sp³-hybridized carbons (Fsp3) is 0.273. The van der Waals surface area contributed by atoms with Crippen molar-refractivity contribution < 1.29 is 5.11 Å². The summed E-state index contributed by atoms with van der Waals surface area (Å²) in [6.07, 6.45) is 0.148. The summed E-state index contributed by atoms with van der Waals surface area (Å²) in [6, 6.07) is 5.94. The predicted molar refractivity (Wildman–Crippen MR) is 71.2 cm³/mol. The minimum absolute atomic E-state index is 0.461. The van der Waals surface area contributed by atoms with E-state index in [1.165, 1.54) is 0 Å². The van der Waals surface area contributed by atoms with Crippen LogP contribution in [-0.4, -0.2) is 5.11 Å². The van der Waals surface area contributed by atoms with Crippen molar-refractivity contribution >= 4 is 38.5 Å². The van der Waals surface area contributed by atoms with E-state index in [9.17, 15) is 5.11 Å². The molecule has 76 valence electrons. The van der Waals surface area contributed by atoms with Gasteiger partial charge in [-0.1, -0.05) is 21.5 Å². The summed E-state index contributed by atoms with van der Waals surface area (Å²) in [5.41, 5.74) is 1.92. The van der Waals surface area contributed by atoms with Gasteiger partial charge in [-0.05, 0) is 59.7 Å². The standard InChI is InChI=1S/C11H12BrIO/c1-7(2)5-11(14)9-6-8(13)3-4-10(9)12/h3-4,6,11,14H,1,5H2,2H3. The molecule has 1 N–H and O–H groups in total. The molecule has 0 aliphatic carbocycles. The summed E-state index contributed by atoms with van der Waals surface area (Å²) < 4.78 is 2.08. The Bertz CT molecular complexity index is 349. The van der Waals surface area contributed by atoms with Gasteiger partial charge in [-0.25, -0.2) is 0 Å². The van der Waals surface area contributed by atoms with Gasteiger partial charge in [0.2, 0.25) is 0 Å². The Morgan fingerprint density at radius 2 is 2.29 bits per heavy atom. The van der Waals surface area contributed by atoms with Crippen LogP contribution in [0.3, 0.4) is 0 Å². The van der Waals surface area contributed by atoms with Crippen LogP contribution in [0.15, 0.2) is 34.8 Å². The second-order valence-electron chi connectivity index (χ2n) is 3.34. The van der Waals surface area contributed by atoms with Gasteiger partial charge in [-0.2, -0.15) is 0 Å². The van der Waals surface area contributed by atoms with Crippen LogP contribution in [0.5, 0.6) is 0 Å². The monoisotopic (exact) mass is 366 g/mol. The van der Waals surface area contributed by atoms with E-state index in [2.05, 4.69) is 45.1 Å². The van der Waals surface area contributed by atoms with Gasteiger partial charge in [0.1, 0.15) is 0 Å². The summed E-state index contributed by atoms with van der Waals surface area (Å²) in [6.45, 7) is 5.72. The molecule has 1 unspecified atom stereocenters. The van der Waals surface area contributed by atoms with Crippen molar-refractivity contribution in [1.29, 1.82) is 0 Å². The molecule has 0 saturated carbocycles. The van der Waals surface area contributed by atoms with Crippen molar-refractivity contribution in [2.45, 2.75) is 19.4 Å². The summed E-state index contributed by atoms with van der Waals surface area (Å²) in [5, 5.41) is 9.90. The van der Waals surface area contributed by atoms with Crippen LogP contribution in [0.25, 0.3) is 0 Å². The third-order valence-electron chi connectivity index (χ3n) is 1.86. The lowest BCUT2D eigenvalue weighted by molar-refractivity contribution is 0.177. The Morgan fingerprint density at radius 1 is 1.64 bits per heavy atom. The van der Waals surface area contributed by atoms with Gasteiger partial charge >= 0.3 is 0 Å². The van der Waals surface area contributed by atoms with Gasteiger partial charge in [0.15, 0.2) is 0 Å². The Morgan fingerprint density at radius 3 is 2.86 bits per heavy atom. The van der Waals surface area contributed by atoms with Gasteiger partial charge < -0.3 is 5.11 Å². The molecule has 0 aromatic heterocycles. The minimum Gasteiger partial charge on any atom is -0.388 e. The third-order valence-corrected chi connectivity index (χ3v) is 3.25. The van der Waals surface area contributed by atoms with Crippen LogP contribution in [0, 0.1) is 3.57 Å². The first-order valence-corrected chi connectivity index (χ1v) is 6.15. The topological polar surface area (TPSA) is 20.2 Å². The normalized spacial score (nSPS) is 12.6. The average Bonchev–Trinajstić information content (AvgIpc) is 2.08. The molecule has 0 amide bonds. The highest BCUT2D eigenvalue weighted by molar-refractivity contribution is 14.1. The Kier molecular flexibility index (Phi) is 4.60. The van der Waals surface area contributed by atoms with E-state index in [1.807, 2.05) is 25.1 Å². The fourth-order valence-corrected chi connectivity index (χ4v) is 2.24. The molecule has 0 heterocycles. The smallest absolute Gasteiger partial charge is 0.0838 e. The number of hydrogen-bond donors (Lipinski definition) is 1. The highest BCUT2D eigenvalue weighted by Crippen LogP contribution is 2.28. The van der Waals surface area contributed by atoms with E-state index >= 15 is 0 Å². The number of benzene rings is 1. The van der Waals surface area contributed by atoms with E-state index in [4.69, 9.17) is 0 Å². The molecule has 0 radical (unpaired) electrons. The van der Waals surface area contributed by atoms with E-state index in [0.717, 1.165) is 19.2 Å². The Balaban J connectivity index is 2.93. The number of halogens is 2. The second kappa shape index (κ2) is 5.28. The molecule has 0 bridgehead atoms. The zero-order chi connectivity index (χ0) is 10.7. The van der Waals surface area contributed by atoms with Gasteiger partial charge in [0.05, 0.1) is 6.10 Å². The SMILES string of the molecule is C=C(C)CC(O)c1cc(I)ccc1Br. The molecule has 0 aliphatic heterocycles. The maximum Gasteiger partial charge on any atom is 0.0838 e. The van der Waals surface area contributed by atoms with E-state index in [1.54, 1.807) is 0 Å². The van der Waals surface area contributed by atoms with E-state index in [0.29, 0.717) is 6.42 Å². The summed E-state index contributed by atoms with van der Waals surface area (Å²) in [5.74, 6) is 0. The molecule has 0 saturated heterocycles. The van der Waals surface area contributed by atoms with Crippen LogP contribution in [0.4, 0.5) is 0 Å². The van der Waals surface area contributed by atoms with Crippen molar-refractivity contribution in [2.75, 3.05) is 0 Å². The molecule has 1 rings (SSSR count). The van der Waals surface area contributed by atoms with Gasteiger partial charge in [-0.15, -0.1) is 6.58 Å². The third kappa shape index (κ3) is 3.37. The van der Waals surface area contributed by atoms with Gasteiger partial charge in [0.25, 0.3) is 0 Å². The van der Waals surface area contributed by atoms with Crippen LogP contribution in [-0.2, 0) is 0 Å². The molecule has 1 aromatic rings. The lowest BCUT2D eigenvalue weighted by Gasteiger charge is -2.13. The molecule has 14 heavy (non-hydrogen) atoms. The summed E-state index contributed by atoms with van der Waals surface area (Å²) >= 11 is 5.66. The quantitative estimate of drug-likeness (QED) is 0.632. The highest BCUT2D eigenvalue weighted by atomic mass is 127. The van der Waals surface area contributed by atoms with Crippen molar-refractivity contribution in [3.8, 4) is 0 Å². The maximum atomic E-state index is 9.90. The highest BCUT2D eigenvalue weighted by Gasteiger charge is 2.11. The lowest BCUT2D eigenvalue weighted by Crippen LogP contribution is -1.99. The van der Waals surface area contributed by atoms with Crippen molar-refractivity contribution in [1.82, 2.24) is 0 Å². The molecule has 0 aliphatic rings. The fourth-order valence-electron chi connectivity index (χ4n) is 1.21. The lowest BCUT2D eigenvalue weighted by atomic mass is 10.0. The zero-order valence-electron chi connectivity index (χ0n) is 7.93. The Hall–Kier alpha value is 0.130. The van der Waals surface area contributed by atoms with Crippen molar-refractivity contribution in [3.05, 3.63) is 44.0 Å². The largest absolute Gasteiger partial charge is 0.388 e. The molecular formula is C11H12BrIO. The first-order chi connectivity index (χ1) is 6.50. The first-order valence-electron chi connectivity index (χ1n) is 4.28. The summed E-state index contributed by atoms with van der Waals surface area (Å²) in [4.78, 5) is 0. The molecular weight excluding hydrogens is 355 g/mol. The zero-order valence-corrected chi connectivity index (χ0v) is 11.7. The van der Waals surface area contributed by atoms with E-state index < -0.39 is 6.10 Å². The molecule has 0 spiro atoms.